The van der Waals surface area contributed by atoms with Crippen molar-refractivity contribution in [3.8, 4) is 0 Å². The molecule has 0 aromatic rings. The van der Waals surface area contributed by atoms with E-state index < -0.39 is 0 Å². The van der Waals surface area contributed by atoms with Gasteiger partial charge in [-0.05, 0) is 11.9 Å². The van der Waals surface area contributed by atoms with Crippen LogP contribution in [-0.4, -0.2) is 11.7 Å². The molecule has 0 radical (unpaired) electrons. The summed E-state index contributed by atoms with van der Waals surface area (Å²) in [6, 6.07) is 0. The molecule has 5 heteroatoms. The number of carbonyl (C=O) groups is 1. The van der Waals surface area contributed by atoms with Crippen LogP contribution < -0.4 is 10.5 Å². The molecule has 0 saturated heterocycles. The molecule has 9 heavy (non-hydrogen) atoms. The summed E-state index contributed by atoms with van der Waals surface area (Å²) in [6.07, 6.45) is 1.63. The summed E-state index contributed by atoms with van der Waals surface area (Å²) in [7, 11) is 0. The predicted molar refractivity (Wildman–Crippen MR) is 40.1 cm³/mol. The van der Waals surface area contributed by atoms with Crippen molar-refractivity contribution in [3.05, 3.63) is 11.8 Å². The molecule has 0 bridgehead atoms. The van der Waals surface area contributed by atoms with Crippen LogP contribution in [0.1, 0.15) is 0 Å². The monoisotopic (exact) mass is 166 g/mol. The SMILES string of the molecule is Cl.NC(=O)C1=CNSC1. The van der Waals surface area contributed by atoms with Crippen molar-refractivity contribution in [1.29, 1.82) is 0 Å². The second-order valence-corrected chi connectivity index (χ2v) is 2.25. The fraction of sp³-hybridized carbons (Fsp3) is 0.250. The smallest absolute Gasteiger partial charge is 0.247 e. The van der Waals surface area contributed by atoms with E-state index in [2.05, 4.69) is 4.72 Å². The quantitative estimate of drug-likeness (QED) is 0.541. The lowest BCUT2D eigenvalue weighted by Gasteiger charge is -1.86. The minimum atomic E-state index is -0.331. The Balaban J connectivity index is 0.000000640. The van der Waals surface area contributed by atoms with Gasteiger partial charge < -0.3 is 10.5 Å². The van der Waals surface area contributed by atoms with Gasteiger partial charge in [0.1, 0.15) is 0 Å². The Morgan fingerprint density at radius 2 is 2.56 bits per heavy atom. The molecule has 1 heterocycles. The third-order valence-electron chi connectivity index (χ3n) is 0.861. The van der Waals surface area contributed by atoms with Gasteiger partial charge in [-0.2, -0.15) is 0 Å². The number of nitrogens with two attached hydrogens (primary N) is 1. The van der Waals surface area contributed by atoms with E-state index in [1.54, 1.807) is 6.20 Å². The van der Waals surface area contributed by atoms with Crippen molar-refractivity contribution in [2.75, 3.05) is 5.75 Å². The van der Waals surface area contributed by atoms with E-state index in [9.17, 15) is 4.79 Å². The molecule has 0 unspecified atom stereocenters. The Morgan fingerprint density at radius 3 is 2.78 bits per heavy atom. The second-order valence-electron chi connectivity index (χ2n) is 1.44. The largest absolute Gasteiger partial charge is 0.366 e. The first-order chi connectivity index (χ1) is 3.80. The minimum Gasteiger partial charge on any atom is -0.366 e. The zero-order valence-electron chi connectivity index (χ0n) is 4.59. The number of amides is 1. The van der Waals surface area contributed by atoms with Gasteiger partial charge in [-0.25, -0.2) is 0 Å². The normalized spacial score (nSPS) is 15.3. The van der Waals surface area contributed by atoms with E-state index in [4.69, 9.17) is 5.73 Å². The first-order valence-corrected chi connectivity index (χ1v) is 3.15. The average Bonchev–Trinajstić information content (AvgIpc) is 2.12. The van der Waals surface area contributed by atoms with E-state index in [1.165, 1.54) is 11.9 Å². The minimum absolute atomic E-state index is 0. The molecule has 0 atom stereocenters. The number of halogens is 1. The third kappa shape index (κ3) is 2.15. The van der Waals surface area contributed by atoms with Gasteiger partial charge in [-0.3, -0.25) is 4.79 Å². The highest BCUT2D eigenvalue weighted by Gasteiger charge is 2.08. The van der Waals surface area contributed by atoms with Crippen LogP contribution in [-0.2, 0) is 4.79 Å². The average molecular weight is 167 g/mol. The van der Waals surface area contributed by atoms with Crippen LogP contribution >= 0.6 is 24.4 Å². The summed E-state index contributed by atoms with van der Waals surface area (Å²) in [6.45, 7) is 0. The van der Waals surface area contributed by atoms with E-state index >= 15 is 0 Å². The molecular weight excluding hydrogens is 160 g/mol. The van der Waals surface area contributed by atoms with Crippen LogP contribution in [0.4, 0.5) is 0 Å². The maximum atomic E-state index is 10.3. The van der Waals surface area contributed by atoms with Gasteiger partial charge in [-0.15, -0.1) is 12.4 Å². The zero-order valence-corrected chi connectivity index (χ0v) is 6.22. The number of hydrogen-bond donors (Lipinski definition) is 2. The number of carbonyl (C=O) groups excluding carboxylic acids is 1. The Labute approximate surface area is 63.6 Å². The molecule has 0 aromatic carbocycles. The van der Waals surface area contributed by atoms with E-state index in [0.717, 1.165) is 0 Å². The molecule has 0 aliphatic carbocycles. The Kier molecular flexibility index (Phi) is 3.49. The molecular formula is C4H7ClN2OS. The standard InChI is InChI=1S/C4H6N2OS.ClH/c5-4(7)3-1-6-8-2-3;/h1,6H,2H2,(H2,5,7);1H. The van der Waals surface area contributed by atoms with Crippen LogP contribution in [0.3, 0.4) is 0 Å². The lowest BCUT2D eigenvalue weighted by Crippen LogP contribution is -2.13. The number of primary amides is 1. The fourth-order valence-corrected chi connectivity index (χ4v) is 1.11. The van der Waals surface area contributed by atoms with Gasteiger partial charge in [0.2, 0.25) is 5.91 Å². The molecule has 0 spiro atoms. The van der Waals surface area contributed by atoms with E-state index in [1.807, 2.05) is 0 Å². The summed E-state index contributed by atoms with van der Waals surface area (Å²) in [4.78, 5) is 10.3. The summed E-state index contributed by atoms with van der Waals surface area (Å²) in [5.74, 6) is 0.359. The van der Waals surface area contributed by atoms with Crippen LogP contribution in [0.25, 0.3) is 0 Å². The van der Waals surface area contributed by atoms with Crippen LogP contribution in [0, 0.1) is 0 Å². The summed E-state index contributed by atoms with van der Waals surface area (Å²) < 4.78 is 2.81. The van der Waals surface area contributed by atoms with Gasteiger partial charge >= 0.3 is 0 Å². The van der Waals surface area contributed by atoms with Gasteiger partial charge in [0, 0.05) is 17.5 Å². The molecule has 1 amide bonds. The zero-order chi connectivity index (χ0) is 5.98. The molecule has 0 aromatic heterocycles. The highest BCUT2D eigenvalue weighted by Crippen LogP contribution is 2.09. The first-order valence-electron chi connectivity index (χ1n) is 2.17. The van der Waals surface area contributed by atoms with E-state index in [0.29, 0.717) is 11.3 Å². The summed E-state index contributed by atoms with van der Waals surface area (Å²) in [5.41, 5.74) is 5.60. The summed E-state index contributed by atoms with van der Waals surface area (Å²) >= 11 is 1.47. The predicted octanol–water partition coefficient (Wildman–Crippen LogP) is 0.0288. The highest BCUT2D eigenvalue weighted by molar-refractivity contribution is 7.97. The van der Waals surface area contributed by atoms with Crippen LogP contribution in [0.15, 0.2) is 11.8 Å². The van der Waals surface area contributed by atoms with Gasteiger partial charge in [0.25, 0.3) is 0 Å². The molecule has 1 aliphatic heterocycles. The molecule has 1 aliphatic rings. The number of hydrogen-bond acceptors (Lipinski definition) is 3. The van der Waals surface area contributed by atoms with Crippen LogP contribution in [0.2, 0.25) is 0 Å². The molecule has 0 fully saturated rings. The Bertz CT molecular complexity index is 148. The van der Waals surface area contributed by atoms with Crippen molar-refractivity contribution in [2.24, 2.45) is 5.73 Å². The van der Waals surface area contributed by atoms with Crippen molar-refractivity contribution >= 4 is 30.3 Å². The van der Waals surface area contributed by atoms with Gasteiger partial charge in [0.15, 0.2) is 0 Å². The first kappa shape index (κ1) is 8.65. The summed E-state index contributed by atoms with van der Waals surface area (Å²) in [5, 5.41) is 0. The van der Waals surface area contributed by atoms with Crippen molar-refractivity contribution in [1.82, 2.24) is 4.72 Å². The third-order valence-corrected chi connectivity index (χ3v) is 1.60. The van der Waals surface area contributed by atoms with Crippen molar-refractivity contribution < 1.29 is 4.79 Å². The fourth-order valence-electron chi connectivity index (χ4n) is 0.416. The second kappa shape index (κ2) is 3.63. The Hall–Kier alpha value is -0.350. The van der Waals surface area contributed by atoms with Gasteiger partial charge in [0.05, 0.1) is 0 Å². The van der Waals surface area contributed by atoms with Crippen LogP contribution in [0.5, 0.6) is 0 Å². The topological polar surface area (TPSA) is 55.1 Å². The highest BCUT2D eigenvalue weighted by atomic mass is 35.5. The Morgan fingerprint density at radius 1 is 1.89 bits per heavy atom. The molecule has 3 nitrogen and oxygen atoms in total. The van der Waals surface area contributed by atoms with Crippen molar-refractivity contribution in [3.63, 3.8) is 0 Å². The molecule has 0 saturated carbocycles. The molecule has 1 rings (SSSR count). The number of rotatable bonds is 1. The lowest BCUT2D eigenvalue weighted by molar-refractivity contribution is -0.114. The maximum absolute atomic E-state index is 10.3. The molecule has 3 N–H and O–H groups in total. The molecule has 52 valence electrons. The van der Waals surface area contributed by atoms with E-state index in [-0.39, 0.29) is 18.3 Å². The lowest BCUT2D eigenvalue weighted by atomic mass is 10.3. The van der Waals surface area contributed by atoms with Crippen molar-refractivity contribution in [2.45, 2.75) is 0 Å². The maximum Gasteiger partial charge on any atom is 0.247 e. The number of nitrogens with one attached hydrogen (secondary N) is 1. The van der Waals surface area contributed by atoms with Gasteiger partial charge in [-0.1, -0.05) is 0 Å².